The second-order valence-corrected chi connectivity index (χ2v) is 6.17. The van der Waals surface area contributed by atoms with Crippen LogP contribution >= 0.6 is 0 Å². The average molecular weight is 238 g/mol. The molecule has 2 fully saturated rings. The second-order valence-electron chi connectivity index (χ2n) is 6.17. The Morgan fingerprint density at radius 2 is 1.94 bits per heavy atom. The minimum absolute atomic E-state index is 0.366. The molecule has 1 saturated carbocycles. The lowest BCUT2D eigenvalue weighted by atomic mass is 9.98. The molecule has 1 heterocycles. The minimum atomic E-state index is 0.366. The number of piperidine rings is 1. The SMILES string of the molecule is CN(C)C1CCN(CC2(CC(=N)N)CC2)CC1. The number of nitrogens with zero attached hydrogens (tertiary/aromatic N) is 2. The zero-order valence-corrected chi connectivity index (χ0v) is 11.2. The normalized spacial score (nSPS) is 25.1. The van der Waals surface area contributed by atoms with Crippen LogP contribution in [0.25, 0.3) is 0 Å². The van der Waals surface area contributed by atoms with Gasteiger partial charge in [-0.15, -0.1) is 0 Å². The van der Waals surface area contributed by atoms with Gasteiger partial charge in [-0.05, 0) is 58.3 Å². The predicted octanol–water partition coefficient (Wildman–Crippen LogP) is 1.12. The van der Waals surface area contributed by atoms with E-state index in [1.54, 1.807) is 0 Å². The highest BCUT2D eigenvalue weighted by atomic mass is 15.2. The quantitative estimate of drug-likeness (QED) is 0.557. The van der Waals surface area contributed by atoms with Crippen molar-refractivity contribution in [3.05, 3.63) is 0 Å². The zero-order valence-electron chi connectivity index (χ0n) is 11.2. The first-order chi connectivity index (χ1) is 8.01. The molecule has 1 aliphatic carbocycles. The summed E-state index contributed by atoms with van der Waals surface area (Å²) in [6, 6.07) is 0.759. The van der Waals surface area contributed by atoms with Crippen molar-refractivity contribution in [3.8, 4) is 0 Å². The Bertz CT molecular complexity index is 275. The maximum Gasteiger partial charge on any atom is 0.0911 e. The van der Waals surface area contributed by atoms with Gasteiger partial charge < -0.3 is 15.5 Å². The van der Waals surface area contributed by atoms with Crippen molar-refractivity contribution in [1.82, 2.24) is 9.80 Å². The average Bonchev–Trinajstić information content (AvgIpc) is 2.97. The number of hydrogen-bond donors (Lipinski definition) is 2. The highest BCUT2D eigenvalue weighted by molar-refractivity contribution is 5.78. The number of nitrogens with one attached hydrogen (secondary N) is 1. The van der Waals surface area contributed by atoms with Crippen LogP contribution in [0.1, 0.15) is 32.1 Å². The maximum absolute atomic E-state index is 7.45. The van der Waals surface area contributed by atoms with Crippen LogP contribution in [0.15, 0.2) is 0 Å². The molecule has 0 aromatic carbocycles. The third-order valence-electron chi connectivity index (χ3n) is 4.37. The first kappa shape index (κ1) is 12.8. The largest absolute Gasteiger partial charge is 0.388 e. The Labute approximate surface area is 105 Å². The summed E-state index contributed by atoms with van der Waals surface area (Å²) in [6.45, 7) is 3.58. The molecule has 0 aromatic heterocycles. The fourth-order valence-corrected chi connectivity index (χ4v) is 3.04. The van der Waals surface area contributed by atoms with Crippen molar-refractivity contribution >= 4 is 5.84 Å². The van der Waals surface area contributed by atoms with Crippen LogP contribution in [0.4, 0.5) is 0 Å². The predicted molar refractivity (Wildman–Crippen MR) is 71.3 cm³/mol. The Hall–Kier alpha value is -0.610. The molecule has 3 N–H and O–H groups in total. The van der Waals surface area contributed by atoms with Crippen LogP contribution in [-0.4, -0.2) is 55.4 Å². The Morgan fingerprint density at radius 3 is 2.35 bits per heavy atom. The van der Waals surface area contributed by atoms with Gasteiger partial charge in [0.15, 0.2) is 0 Å². The fraction of sp³-hybridized carbons (Fsp3) is 0.923. The molecule has 17 heavy (non-hydrogen) atoms. The zero-order chi connectivity index (χ0) is 12.5. The van der Waals surface area contributed by atoms with Crippen LogP contribution in [0, 0.1) is 10.8 Å². The van der Waals surface area contributed by atoms with E-state index in [9.17, 15) is 0 Å². The lowest BCUT2D eigenvalue weighted by Crippen LogP contribution is -2.44. The summed E-state index contributed by atoms with van der Waals surface area (Å²) in [7, 11) is 4.36. The van der Waals surface area contributed by atoms with Gasteiger partial charge in [-0.2, -0.15) is 0 Å². The molecule has 2 aliphatic rings. The van der Waals surface area contributed by atoms with E-state index in [1.165, 1.54) is 38.8 Å². The number of nitrogens with two attached hydrogens (primary N) is 1. The minimum Gasteiger partial charge on any atom is -0.388 e. The summed E-state index contributed by atoms with van der Waals surface area (Å²) in [4.78, 5) is 4.93. The van der Waals surface area contributed by atoms with E-state index >= 15 is 0 Å². The standard InChI is InChI=1S/C13H26N4/c1-16(2)11-3-7-17(8-4-11)10-13(5-6-13)9-12(14)15/h11H,3-10H2,1-2H3,(H3,14,15). The summed E-state index contributed by atoms with van der Waals surface area (Å²) in [5, 5.41) is 7.45. The topological polar surface area (TPSA) is 56.4 Å². The summed E-state index contributed by atoms with van der Waals surface area (Å²) in [5.41, 5.74) is 5.92. The van der Waals surface area contributed by atoms with Gasteiger partial charge in [-0.25, -0.2) is 0 Å². The first-order valence-electron chi connectivity index (χ1n) is 6.72. The Kier molecular flexibility index (Phi) is 3.73. The molecule has 0 amide bonds. The highest BCUT2D eigenvalue weighted by Crippen LogP contribution is 2.49. The van der Waals surface area contributed by atoms with Crippen LogP contribution in [0.3, 0.4) is 0 Å². The fourth-order valence-electron chi connectivity index (χ4n) is 3.04. The van der Waals surface area contributed by atoms with Crippen LogP contribution in [-0.2, 0) is 0 Å². The molecule has 0 atom stereocenters. The van der Waals surface area contributed by atoms with Crippen molar-refractivity contribution in [2.24, 2.45) is 11.1 Å². The van der Waals surface area contributed by atoms with E-state index in [-0.39, 0.29) is 0 Å². The Morgan fingerprint density at radius 1 is 1.35 bits per heavy atom. The van der Waals surface area contributed by atoms with E-state index in [0.717, 1.165) is 19.0 Å². The van der Waals surface area contributed by atoms with Crippen LogP contribution < -0.4 is 5.73 Å². The van der Waals surface area contributed by atoms with Gasteiger partial charge in [0, 0.05) is 19.0 Å². The van der Waals surface area contributed by atoms with Gasteiger partial charge >= 0.3 is 0 Å². The van der Waals surface area contributed by atoms with Gasteiger partial charge in [-0.1, -0.05) is 0 Å². The lowest BCUT2D eigenvalue weighted by molar-refractivity contribution is 0.126. The van der Waals surface area contributed by atoms with Crippen LogP contribution in [0.5, 0.6) is 0 Å². The third-order valence-corrected chi connectivity index (χ3v) is 4.37. The molecule has 0 radical (unpaired) electrons. The molecule has 1 aliphatic heterocycles. The summed E-state index contributed by atoms with van der Waals surface area (Å²) < 4.78 is 0. The molecule has 4 nitrogen and oxygen atoms in total. The third kappa shape index (κ3) is 3.42. The Balaban J connectivity index is 1.76. The maximum atomic E-state index is 7.45. The van der Waals surface area contributed by atoms with E-state index in [4.69, 9.17) is 11.1 Å². The van der Waals surface area contributed by atoms with Crippen molar-refractivity contribution in [3.63, 3.8) is 0 Å². The van der Waals surface area contributed by atoms with E-state index in [2.05, 4.69) is 23.9 Å². The van der Waals surface area contributed by atoms with E-state index < -0.39 is 0 Å². The highest BCUT2D eigenvalue weighted by Gasteiger charge is 2.44. The van der Waals surface area contributed by atoms with Gasteiger partial charge in [0.2, 0.25) is 0 Å². The summed E-state index contributed by atoms with van der Waals surface area (Å²) in [5.74, 6) is 0.366. The van der Waals surface area contributed by atoms with E-state index in [1.807, 2.05) is 0 Å². The molecule has 4 heteroatoms. The number of hydrogen-bond acceptors (Lipinski definition) is 3. The van der Waals surface area contributed by atoms with E-state index in [0.29, 0.717) is 11.3 Å². The molecular formula is C13H26N4. The number of likely N-dealkylation sites (tertiary alicyclic amines) is 1. The number of amidine groups is 1. The van der Waals surface area contributed by atoms with Crippen molar-refractivity contribution in [1.29, 1.82) is 5.41 Å². The van der Waals surface area contributed by atoms with Gasteiger partial charge in [0.1, 0.15) is 0 Å². The van der Waals surface area contributed by atoms with Crippen LogP contribution in [0.2, 0.25) is 0 Å². The van der Waals surface area contributed by atoms with Gasteiger partial charge in [0.25, 0.3) is 0 Å². The molecule has 1 saturated heterocycles. The lowest BCUT2D eigenvalue weighted by Gasteiger charge is -2.37. The summed E-state index contributed by atoms with van der Waals surface area (Å²) >= 11 is 0. The van der Waals surface area contributed by atoms with Crippen molar-refractivity contribution in [2.45, 2.75) is 38.1 Å². The molecule has 0 unspecified atom stereocenters. The molecule has 0 bridgehead atoms. The van der Waals surface area contributed by atoms with Gasteiger partial charge in [-0.3, -0.25) is 5.41 Å². The monoisotopic (exact) mass is 238 g/mol. The first-order valence-corrected chi connectivity index (χ1v) is 6.72. The molecule has 0 spiro atoms. The van der Waals surface area contributed by atoms with Gasteiger partial charge in [0.05, 0.1) is 5.84 Å². The van der Waals surface area contributed by atoms with Crippen molar-refractivity contribution in [2.75, 3.05) is 33.7 Å². The molecule has 0 aromatic rings. The smallest absolute Gasteiger partial charge is 0.0911 e. The molecule has 98 valence electrons. The number of rotatable bonds is 5. The summed E-state index contributed by atoms with van der Waals surface area (Å²) in [6.07, 6.45) is 5.90. The van der Waals surface area contributed by atoms with Crippen molar-refractivity contribution < 1.29 is 0 Å². The molecular weight excluding hydrogens is 212 g/mol. The second kappa shape index (κ2) is 4.94. The molecule has 2 rings (SSSR count).